The fourth-order valence-corrected chi connectivity index (χ4v) is 3.42. The summed E-state index contributed by atoms with van der Waals surface area (Å²) in [5.74, 6) is -0.250. The van der Waals surface area contributed by atoms with Gasteiger partial charge in [0.1, 0.15) is 11.4 Å². The molecule has 1 atom stereocenters. The lowest BCUT2D eigenvalue weighted by molar-refractivity contribution is 0.203. The van der Waals surface area contributed by atoms with Crippen LogP contribution >= 0.6 is 0 Å². The van der Waals surface area contributed by atoms with E-state index in [0.29, 0.717) is 0 Å². The zero-order valence-electron chi connectivity index (χ0n) is 13.1. The van der Waals surface area contributed by atoms with Gasteiger partial charge in [0.25, 0.3) is 0 Å². The van der Waals surface area contributed by atoms with Gasteiger partial charge in [0, 0.05) is 10.9 Å². The molecule has 2 rings (SSSR count). The van der Waals surface area contributed by atoms with Gasteiger partial charge < -0.3 is 8.84 Å². The Kier molecular flexibility index (Phi) is 3.82. The van der Waals surface area contributed by atoms with Crippen molar-refractivity contribution in [2.75, 3.05) is 0 Å². The van der Waals surface area contributed by atoms with Gasteiger partial charge in [-0.15, -0.1) is 0 Å². The second kappa shape index (κ2) is 5.01. The Morgan fingerprint density at radius 2 is 1.90 bits per heavy atom. The number of furan rings is 1. The third-order valence-electron chi connectivity index (χ3n) is 4.26. The topological polar surface area (TPSA) is 22.4 Å². The average Bonchev–Trinajstić information content (AvgIpc) is 2.73. The van der Waals surface area contributed by atoms with Crippen molar-refractivity contribution in [3.05, 3.63) is 35.8 Å². The van der Waals surface area contributed by atoms with Crippen LogP contribution in [0.15, 0.2) is 28.9 Å². The fraction of sp³-hybridized carbons (Fsp3) is 0.500. The van der Waals surface area contributed by atoms with Crippen molar-refractivity contribution in [2.24, 2.45) is 0 Å². The lowest BCUT2D eigenvalue weighted by atomic mass is 10.1. The number of benzene rings is 1. The summed E-state index contributed by atoms with van der Waals surface area (Å²) >= 11 is 0. The van der Waals surface area contributed by atoms with Crippen LogP contribution in [0, 0.1) is 5.82 Å². The van der Waals surface area contributed by atoms with Crippen LogP contribution in [-0.2, 0) is 4.43 Å². The van der Waals surface area contributed by atoms with Crippen LogP contribution in [0.2, 0.25) is 18.1 Å². The van der Waals surface area contributed by atoms with E-state index in [1.165, 1.54) is 12.1 Å². The van der Waals surface area contributed by atoms with Gasteiger partial charge in [0.05, 0.1) is 12.4 Å². The van der Waals surface area contributed by atoms with Crippen molar-refractivity contribution < 1.29 is 13.2 Å². The van der Waals surface area contributed by atoms with E-state index >= 15 is 0 Å². The number of halogens is 1. The normalized spacial score (nSPS) is 14.8. The monoisotopic (exact) mass is 294 g/mol. The first-order valence-corrected chi connectivity index (χ1v) is 9.87. The highest BCUT2D eigenvalue weighted by atomic mass is 28.4. The van der Waals surface area contributed by atoms with E-state index in [4.69, 9.17) is 8.84 Å². The predicted molar refractivity (Wildman–Crippen MR) is 82.9 cm³/mol. The van der Waals surface area contributed by atoms with Crippen LogP contribution in [0.3, 0.4) is 0 Å². The Morgan fingerprint density at radius 3 is 2.50 bits per heavy atom. The highest BCUT2D eigenvalue weighted by Crippen LogP contribution is 2.40. The molecule has 0 aliphatic carbocycles. The molecule has 0 fully saturated rings. The van der Waals surface area contributed by atoms with E-state index in [9.17, 15) is 4.39 Å². The standard InChI is InChI=1S/C16H23FO2Si/c1-11(19-20(5,6)16(2,3)4)14-10-13(17)9-12-7-8-18-15(12)14/h7-11H,1-6H3/t11-/m1/s1. The Labute approximate surface area is 121 Å². The van der Waals surface area contributed by atoms with E-state index in [1.807, 2.05) is 6.92 Å². The van der Waals surface area contributed by atoms with Crippen molar-refractivity contribution in [3.8, 4) is 0 Å². The summed E-state index contributed by atoms with van der Waals surface area (Å²) in [5, 5.41) is 0.905. The Balaban J connectivity index is 2.37. The van der Waals surface area contributed by atoms with Gasteiger partial charge in [-0.2, -0.15) is 0 Å². The van der Waals surface area contributed by atoms with Crippen LogP contribution in [0.5, 0.6) is 0 Å². The molecule has 2 nitrogen and oxygen atoms in total. The zero-order chi connectivity index (χ0) is 15.1. The molecular formula is C16H23FO2Si. The smallest absolute Gasteiger partial charge is 0.192 e. The van der Waals surface area contributed by atoms with Gasteiger partial charge >= 0.3 is 0 Å². The maximum absolute atomic E-state index is 13.7. The molecule has 1 aromatic carbocycles. The summed E-state index contributed by atoms with van der Waals surface area (Å²) in [7, 11) is -1.90. The molecule has 1 heterocycles. The number of hydrogen-bond donors (Lipinski definition) is 0. The molecule has 0 amide bonds. The van der Waals surface area contributed by atoms with Crippen molar-refractivity contribution in [3.63, 3.8) is 0 Å². The maximum atomic E-state index is 13.7. The molecule has 0 saturated carbocycles. The Bertz CT molecular complexity index is 610. The van der Waals surface area contributed by atoms with Crippen LogP contribution in [-0.4, -0.2) is 8.32 Å². The predicted octanol–water partition coefficient (Wildman–Crippen LogP) is 5.65. The fourth-order valence-electron chi connectivity index (χ4n) is 2.06. The molecule has 0 bridgehead atoms. The number of rotatable bonds is 3. The minimum atomic E-state index is -1.90. The minimum Gasteiger partial charge on any atom is -0.464 e. The van der Waals surface area contributed by atoms with Gasteiger partial charge in [-0.3, -0.25) is 0 Å². The highest BCUT2D eigenvalue weighted by molar-refractivity contribution is 6.74. The Hall–Kier alpha value is -1.13. The van der Waals surface area contributed by atoms with Crippen molar-refractivity contribution in [2.45, 2.75) is 51.9 Å². The molecule has 0 spiro atoms. The van der Waals surface area contributed by atoms with Gasteiger partial charge in [-0.25, -0.2) is 4.39 Å². The lowest BCUT2D eigenvalue weighted by Gasteiger charge is -2.38. The summed E-state index contributed by atoms with van der Waals surface area (Å²) in [6.07, 6.45) is 1.41. The third-order valence-corrected chi connectivity index (χ3v) is 8.82. The minimum absolute atomic E-state index is 0.122. The van der Waals surface area contributed by atoms with E-state index in [0.717, 1.165) is 16.5 Å². The van der Waals surface area contributed by atoms with Crippen LogP contribution in [0.4, 0.5) is 4.39 Å². The van der Waals surface area contributed by atoms with Gasteiger partial charge in [-0.05, 0) is 43.3 Å². The first-order valence-electron chi connectivity index (χ1n) is 6.96. The largest absolute Gasteiger partial charge is 0.464 e. The summed E-state index contributed by atoms with van der Waals surface area (Å²) in [6.45, 7) is 12.9. The molecule has 1 aromatic heterocycles. The number of hydrogen-bond acceptors (Lipinski definition) is 2. The molecule has 20 heavy (non-hydrogen) atoms. The first kappa shape index (κ1) is 15.3. The SMILES string of the molecule is C[C@@H](O[Si](C)(C)C(C)(C)C)c1cc(F)cc2ccoc12. The Morgan fingerprint density at radius 1 is 1.25 bits per heavy atom. The maximum Gasteiger partial charge on any atom is 0.192 e. The molecule has 0 aliphatic rings. The molecule has 2 aromatic rings. The van der Waals surface area contributed by atoms with Gasteiger partial charge in [-0.1, -0.05) is 20.8 Å². The highest BCUT2D eigenvalue weighted by Gasteiger charge is 2.39. The quantitative estimate of drug-likeness (QED) is 0.682. The summed E-state index contributed by atoms with van der Waals surface area (Å²) in [4.78, 5) is 0. The molecule has 0 saturated heterocycles. The molecule has 4 heteroatoms. The number of fused-ring (bicyclic) bond motifs is 1. The van der Waals surface area contributed by atoms with Crippen LogP contribution in [0.1, 0.15) is 39.4 Å². The van der Waals surface area contributed by atoms with Crippen LogP contribution in [0.25, 0.3) is 11.0 Å². The van der Waals surface area contributed by atoms with Crippen molar-refractivity contribution in [1.82, 2.24) is 0 Å². The molecule has 0 unspecified atom stereocenters. The molecule has 0 N–H and O–H groups in total. The van der Waals surface area contributed by atoms with E-state index in [1.54, 1.807) is 12.3 Å². The van der Waals surface area contributed by atoms with E-state index < -0.39 is 8.32 Å². The van der Waals surface area contributed by atoms with Crippen molar-refractivity contribution in [1.29, 1.82) is 0 Å². The molecule has 0 radical (unpaired) electrons. The molecule has 110 valence electrons. The van der Waals surface area contributed by atoms with Gasteiger partial charge in [0.2, 0.25) is 0 Å². The van der Waals surface area contributed by atoms with Crippen LogP contribution < -0.4 is 0 Å². The van der Waals surface area contributed by atoms with E-state index in [2.05, 4.69) is 33.9 Å². The summed E-state index contributed by atoms with van der Waals surface area (Å²) in [6, 6.07) is 4.78. The van der Waals surface area contributed by atoms with Crippen molar-refractivity contribution >= 4 is 19.3 Å². The average molecular weight is 294 g/mol. The molecular weight excluding hydrogens is 271 g/mol. The first-order chi connectivity index (χ1) is 9.12. The zero-order valence-corrected chi connectivity index (χ0v) is 14.1. The molecule has 0 aliphatic heterocycles. The summed E-state index contributed by atoms with van der Waals surface area (Å²) in [5.41, 5.74) is 1.51. The van der Waals surface area contributed by atoms with E-state index in [-0.39, 0.29) is 17.0 Å². The second-order valence-electron chi connectivity index (χ2n) is 6.85. The third kappa shape index (κ3) is 2.81. The second-order valence-corrected chi connectivity index (χ2v) is 11.6. The van der Waals surface area contributed by atoms with Gasteiger partial charge in [0.15, 0.2) is 8.32 Å². The summed E-state index contributed by atoms with van der Waals surface area (Å²) < 4.78 is 25.5. The lowest BCUT2D eigenvalue weighted by Crippen LogP contribution is -2.41.